The van der Waals surface area contributed by atoms with Gasteiger partial charge in [0.05, 0.1) is 13.0 Å². The molecule has 3 aromatic rings. The first-order valence-electron chi connectivity index (χ1n) is 11.4. The molecular formula is C26H30N4O3. The van der Waals surface area contributed by atoms with E-state index in [9.17, 15) is 9.59 Å². The van der Waals surface area contributed by atoms with E-state index in [1.807, 2.05) is 37.3 Å². The molecule has 0 aliphatic carbocycles. The minimum absolute atomic E-state index is 0.0794. The summed E-state index contributed by atoms with van der Waals surface area (Å²) in [5, 5.41) is 4.54. The maximum absolute atomic E-state index is 13.5. The van der Waals surface area contributed by atoms with Crippen LogP contribution in [0.1, 0.15) is 53.8 Å². The van der Waals surface area contributed by atoms with Gasteiger partial charge in [0.2, 0.25) is 0 Å². The van der Waals surface area contributed by atoms with Gasteiger partial charge in [-0.15, -0.1) is 5.10 Å². The Hall–Kier alpha value is -3.61. The zero-order valence-electron chi connectivity index (χ0n) is 19.6. The summed E-state index contributed by atoms with van der Waals surface area (Å²) in [5.74, 6) is 0.950. The van der Waals surface area contributed by atoms with E-state index in [1.165, 1.54) is 4.68 Å². The minimum atomic E-state index is -0.374. The van der Waals surface area contributed by atoms with Crippen LogP contribution in [0.3, 0.4) is 0 Å². The van der Waals surface area contributed by atoms with Gasteiger partial charge in [0.25, 0.3) is 11.8 Å². The van der Waals surface area contributed by atoms with Gasteiger partial charge in [-0.25, -0.2) is 4.68 Å². The Morgan fingerprint density at radius 3 is 2.42 bits per heavy atom. The van der Waals surface area contributed by atoms with Crippen LogP contribution >= 0.6 is 0 Å². The highest BCUT2D eigenvalue weighted by Crippen LogP contribution is 2.40. The number of hydrogen-bond donors (Lipinski definition) is 0. The van der Waals surface area contributed by atoms with E-state index in [2.05, 4.69) is 23.8 Å². The fourth-order valence-corrected chi connectivity index (χ4v) is 4.54. The van der Waals surface area contributed by atoms with Gasteiger partial charge in [-0.05, 0) is 63.1 Å². The molecule has 0 spiro atoms. The second-order valence-corrected chi connectivity index (χ2v) is 8.23. The second kappa shape index (κ2) is 9.48. The van der Waals surface area contributed by atoms with E-state index in [-0.39, 0.29) is 23.8 Å². The third-order valence-electron chi connectivity index (χ3n) is 6.33. The molecule has 4 rings (SSSR count). The summed E-state index contributed by atoms with van der Waals surface area (Å²) in [5.41, 5.74) is 2.20. The average molecular weight is 447 g/mol. The maximum Gasteiger partial charge on any atom is 0.258 e. The second-order valence-electron chi connectivity index (χ2n) is 8.23. The van der Waals surface area contributed by atoms with Crippen molar-refractivity contribution < 1.29 is 14.3 Å². The van der Waals surface area contributed by atoms with Crippen LogP contribution in [-0.2, 0) is 0 Å². The van der Waals surface area contributed by atoms with Crippen LogP contribution in [-0.4, -0.2) is 47.8 Å². The number of nitrogens with zero attached hydrogens (tertiary/aromatic N) is 4. The lowest BCUT2D eigenvalue weighted by molar-refractivity contribution is 0.0840. The van der Waals surface area contributed by atoms with Gasteiger partial charge >= 0.3 is 0 Å². The summed E-state index contributed by atoms with van der Waals surface area (Å²) in [7, 11) is 1.60. The number of benzene rings is 2. The van der Waals surface area contributed by atoms with Crippen LogP contribution in [0.25, 0.3) is 0 Å². The Bertz CT molecular complexity index is 1130. The highest BCUT2D eigenvalue weighted by molar-refractivity contribution is 6.08. The lowest BCUT2D eigenvalue weighted by atomic mass is 9.85. The van der Waals surface area contributed by atoms with Crippen LogP contribution in [0, 0.1) is 0 Å². The third-order valence-corrected chi connectivity index (χ3v) is 6.33. The number of carbonyl (C=O) groups excluding carboxylic acids is 2. The normalized spacial score (nSPS) is 17.4. The van der Waals surface area contributed by atoms with Crippen molar-refractivity contribution in [1.29, 1.82) is 0 Å². The number of fused-ring (bicyclic) bond motifs is 1. The number of ether oxygens (including phenoxy) is 1. The van der Waals surface area contributed by atoms with Crippen LogP contribution in [0.15, 0.2) is 60.8 Å². The molecule has 2 atom stereocenters. The molecule has 1 aliphatic rings. The van der Waals surface area contributed by atoms with Gasteiger partial charge in [-0.1, -0.05) is 18.2 Å². The molecule has 0 fully saturated rings. The molecule has 0 unspecified atom stereocenters. The first-order chi connectivity index (χ1) is 16.0. The van der Waals surface area contributed by atoms with Crippen LogP contribution in [0.2, 0.25) is 0 Å². The summed E-state index contributed by atoms with van der Waals surface area (Å²) in [6, 6.07) is 16.5. The Kier molecular flexibility index (Phi) is 6.49. The summed E-state index contributed by atoms with van der Waals surface area (Å²) in [6.45, 7) is 7.78. The first-order valence-corrected chi connectivity index (χ1v) is 11.4. The smallest absolute Gasteiger partial charge is 0.258 e. The monoisotopic (exact) mass is 446 g/mol. The summed E-state index contributed by atoms with van der Waals surface area (Å²) < 4.78 is 6.66. The molecule has 0 saturated carbocycles. The van der Waals surface area contributed by atoms with Crippen molar-refractivity contribution in [3.8, 4) is 5.75 Å². The van der Waals surface area contributed by atoms with E-state index in [0.29, 0.717) is 17.7 Å². The van der Waals surface area contributed by atoms with Crippen molar-refractivity contribution in [2.45, 2.75) is 39.2 Å². The molecule has 7 heteroatoms. The molecule has 1 aliphatic heterocycles. The van der Waals surface area contributed by atoms with E-state index in [1.54, 1.807) is 42.5 Å². The third kappa shape index (κ3) is 4.23. The number of anilines is 2. The zero-order chi connectivity index (χ0) is 23.5. The molecule has 172 valence electrons. The number of amides is 1. The van der Waals surface area contributed by atoms with Crippen molar-refractivity contribution in [2.24, 2.45) is 0 Å². The van der Waals surface area contributed by atoms with E-state index >= 15 is 0 Å². The molecule has 1 aromatic heterocycles. The SMILES string of the molecule is CCN(CC)c1ccn(C(=O)[C@H]2C[C@H](C)N(C(=O)c3ccc(OC)cc3)c3ccccc32)n1. The molecule has 0 radical (unpaired) electrons. The Morgan fingerprint density at radius 1 is 1.06 bits per heavy atom. The molecule has 1 amide bonds. The summed E-state index contributed by atoms with van der Waals surface area (Å²) in [6.07, 6.45) is 2.26. The Labute approximate surface area is 194 Å². The summed E-state index contributed by atoms with van der Waals surface area (Å²) >= 11 is 0. The summed E-state index contributed by atoms with van der Waals surface area (Å²) in [4.78, 5) is 30.8. The predicted molar refractivity (Wildman–Crippen MR) is 129 cm³/mol. The molecule has 0 N–H and O–H groups in total. The number of para-hydroxylation sites is 1. The van der Waals surface area contributed by atoms with Gasteiger partial charge in [-0.3, -0.25) is 9.59 Å². The van der Waals surface area contributed by atoms with Gasteiger partial charge < -0.3 is 14.5 Å². The molecular weight excluding hydrogens is 416 g/mol. The predicted octanol–water partition coefficient (Wildman–Crippen LogP) is 4.60. The first kappa shape index (κ1) is 22.6. The van der Waals surface area contributed by atoms with Crippen molar-refractivity contribution in [3.63, 3.8) is 0 Å². The lowest BCUT2D eigenvalue weighted by Crippen LogP contribution is -2.45. The maximum atomic E-state index is 13.5. The van der Waals surface area contributed by atoms with Crippen molar-refractivity contribution >= 4 is 23.3 Å². The Balaban J connectivity index is 1.65. The van der Waals surface area contributed by atoms with E-state index in [4.69, 9.17) is 4.74 Å². The zero-order valence-corrected chi connectivity index (χ0v) is 19.6. The average Bonchev–Trinajstić information content (AvgIpc) is 3.33. The van der Waals surface area contributed by atoms with Gasteiger partial charge in [0, 0.05) is 42.6 Å². The lowest BCUT2D eigenvalue weighted by Gasteiger charge is -2.38. The number of rotatable bonds is 6. The largest absolute Gasteiger partial charge is 0.497 e. The molecule has 2 heterocycles. The number of methoxy groups -OCH3 is 1. The Morgan fingerprint density at radius 2 is 1.76 bits per heavy atom. The highest BCUT2D eigenvalue weighted by Gasteiger charge is 2.38. The minimum Gasteiger partial charge on any atom is -0.497 e. The fraction of sp³-hybridized carbons (Fsp3) is 0.346. The van der Waals surface area contributed by atoms with Crippen molar-refractivity contribution in [3.05, 3.63) is 71.9 Å². The molecule has 2 aromatic carbocycles. The molecule has 7 nitrogen and oxygen atoms in total. The highest BCUT2D eigenvalue weighted by atomic mass is 16.5. The number of aromatic nitrogens is 2. The van der Waals surface area contributed by atoms with Crippen molar-refractivity contribution in [1.82, 2.24) is 9.78 Å². The van der Waals surface area contributed by atoms with E-state index in [0.717, 1.165) is 30.2 Å². The standard InChI is InChI=1S/C26H30N4O3/c1-5-28(6-2)24-15-16-29(27-24)26(32)22-17-18(3)30(23-10-8-7-9-21(22)23)25(31)19-11-13-20(33-4)14-12-19/h7-16,18,22H,5-6,17H2,1-4H3/t18-,22-/m0/s1. The van der Waals surface area contributed by atoms with Crippen molar-refractivity contribution in [2.75, 3.05) is 30.0 Å². The van der Waals surface area contributed by atoms with Crippen LogP contribution in [0.5, 0.6) is 5.75 Å². The number of carbonyl (C=O) groups is 2. The van der Waals surface area contributed by atoms with Crippen LogP contribution in [0.4, 0.5) is 11.5 Å². The molecule has 0 saturated heterocycles. The number of hydrogen-bond acceptors (Lipinski definition) is 5. The van der Waals surface area contributed by atoms with Gasteiger partial charge in [-0.2, -0.15) is 0 Å². The fourth-order valence-electron chi connectivity index (χ4n) is 4.54. The van der Waals surface area contributed by atoms with Gasteiger partial charge in [0.15, 0.2) is 5.82 Å². The molecule has 0 bridgehead atoms. The topological polar surface area (TPSA) is 67.7 Å². The van der Waals surface area contributed by atoms with Gasteiger partial charge in [0.1, 0.15) is 5.75 Å². The van der Waals surface area contributed by atoms with E-state index < -0.39 is 0 Å². The molecule has 33 heavy (non-hydrogen) atoms. The van der Waals surface area contributed by atoms with Crippen LogP contribution < -0.4 is 14.5 Å². The quantitative estimate of drug-likeness (QED) is 0.554.